The van der Waals surface area contributed by atoms with Gasteiger partial charge in [-0.25, -0.2) is 19.9 Å². The zero-order valence-corrected chi connectivity index (χ0v) is 32.0. The first-order valence-electron chi connectivity index (χ1n) is 20.2. The van der Waals surface area contributed by atoms with Gasteiger partial charge in [-0.15, -0.1) is 0 Å². The minimum absolute atomic E-state index is 0.0842. The lowest BCUT2D eigenvalue weighted by Gasteiger charge is -2.38. The number of fused-ring (bicyclic) bond motifs is 2. The van der Waals surface area contributed by atoms with Crippen LogP contribution in [0.2, 0.25) is 0 Å². The van der Waals surface area contributed by atoms with Gasteiger partial charge in [-0.1, -0.05) is 6.07 Å². The van der Waals surface area contributed by atoms with Crippen molar-refractivity contribution in [3.8, 4) is 0 Å². The second-order valence-electron chi connectivity index (χ2n) is 16.2. The summed E-state index contributed by atoms with van der Waals surface area (Å²) < 4.78 is 2.10. The molecule has 16 nitrogen and oxygen atoms in total. The van der Waals surface area contributed by atoms with Crippen LogP contribution < -0.4 is 20.9 Å². The number of carbonyl (C=O) groups is 5. The van der Waals surface area contributed by atoms with Gasteiger partial charge in [0.05, 0.1) is 17.5 Å². The van der Waals surface area contributed by atoms with Crippen molar-refractivity contribution in [1.29, 1.82) is 0 Å². The number of hydrogen-bond donors (Lipinski definition) is 3. The van der Waals surface area contributed by atoms with E-state index >= 15 is 0 Å². The molecule has 1 saturated carbocycles. The maximum absolute atomic E-state index is 13.3. The van der Waals surface area contributed by atoms with Gasteiger partial charge in [0.25, 0.3) is 17.7 Å². The molecule has 5 aliphatic rings. The number of likely N-dealkylation sites (tertiary alicyclic amines) is 1. The van der Waals surface area contributed by atoms with Crippen LogP contribution in [-0.2, 0) is 9.59 Å². The van der Waals surface area contributed by atoms with Gasteiger partial charge < -0.3 is 25.0 Å². The third kappa shape index (κ3) is 7.33. The van der Waals surface area contributed by atoms with E-state index in [4.69, 9.17) is 4.98 Å². The highest BCUT2D eigenvalue weighted by Crippen LogP contribution is 2.36. The third-order valence-corrected chi connectivity index (χ3v) is 12.5. The van der Waals surface area contributed by atoms with Crippen molar-refractivity contribution < 1.29 is 24.0 Å². The fourth-order valence-corrected chi connectivity index (χ4v) is 9.12. The van der Waals surface area contributed by atoms with E-state index in [0.29, 0.717) is 28.7 Å². The number of pyridine rings is 1. The molecule has 3 aromatic heterocycles. The molecule has 7 heterocycles. The number of carbonyl (C=O) groups excluding carboxylic acids is 5. The second-order valence-corrected chi connectivity index (χ2v) is 16.2. The first-order valence-corrected chi connectivity index (χ1v) is 20.2. The highest BCUT2D eigenvalue weighted by Gasteiger charge is 2.45. The molecule has 0 radical (unpaired) electrons. The van der Waals surface area contributed by atoms with Crippen LogP contribution >= 0.6 is 0 Å². The molecular weight excluding hydrogens is 727 g/mol. The van der Waals surface area contributed by atoms with E-state index in [2.05, 4.69) is 45.3 Å². The molecule has 4 aromatic rings. The summed E-state index contributed by atoms with van der Waals surface area (Å²) in [5, 5.41) is 8.93. The van der Waals surface area contributed by atoms with Crippen molar-refractivity contribution in [1.82, 2.24) is 44.9 Å². The van der Waals surface area contributed by atoms with E-state index in [1.165, 1.54) is 0 Å². The molecule has 4 fully saturated rings. The number of nitrogens with zero attached hydrogens (tertiary/aromatic N) is 8. The largest absolute Gasteiger partial charge is 0.371 e. The van der Waals surface area contributed by atoms with Crippen molar-refractivity contribution >= 4 is 52.2 Å². The van der Waals surface area contributed by atoms with Crippen molar-refractivity contribution in [2.24, 2.45) is 11.8 Å². The molecular formula is C41H47N11O5. The quantitative estimate of drug-likeness (QED) is 0.200. The van der Waals surface area contributed by atoms with Crippen molar-refractivity contribution in [2.45, 2.75) is 76.4 Å². The lowest BCUT2D eigenvalue weighted by molar-refractivity contribution is -0.136. The van der Waals surface area contributed by atoms with Crippen molar-refractivity contribution in [3.05, 3.63) is 71.6 Å². The fraction of sp³-hybridized carbons (Fsp3) is 0.488. The average molecular weight is 774 g/mol. The zero-order chi connectivity index (χ0) is 39.2. The lowest BCUT2D eigenvalue weighted by atomic mass is 9.86. The standard InChI is InChI=1S/C41H47N11O5/c1-24-3-2-4-32(46-24)38(54)47-27-17-29(18-27)51-23-45-35-36(43-22-44-37(35)51)42-20-25-9-13-49(14-10-25)21-26-11-15-50(16-12-26)28-5-6-30-31(19-28)41(57)52(40(30)56)33-7-8-34(53)48-39(33)55/h2-6,19,22-23,25-27,29,33H,7-18,20-21H2,1H3,(H,47,54)(H,42,43,44)(H,48,53,55)/t27?,29?,33-/m1/s1. The summed E-state index contributed by atoms with van der Waals surface area (Å²) in [6.45, 7) is 7.64. The Kier molecular flexibility index (Phi) is 9.88. The third-order valence-electron chi connectivity index (χ3n) is 12.5. The second kappa shape index (κ2) is 15.3. The summed E-state index contributed by atoms with van der Waals surface area (Å²) in [5.41, 5.74) is 4.38. The number of piperidine rings is 3. The van der Waals surface area contributed by atoms with Crippen LogP contribution in [0, 0.1) is 18.8 Å². The topological polar surface area (TPSA) is 188 Å². The average Bonchev–Trinajstić information content (AvgIpc) is 3.74. The summed E-state index contributed by atoms with van der Waals surface area (Å²) >= 11 is 0. The van der Waals surface area contributed by atoms with Gasteiger partial charge in [0.1, 0.15) is 23.6 Å². The predicted molar refractivity (Wildman–Crippen MR) is 210 cm³/mol. The van der Waals surface area contributed by atoms with Crippen LogP contribution in [0.15, 0.2) is 49.1 Å². The molecule has 0 unspecified atom stereocenters. The molecule has 1 aromatic carbocycles. The zero-order valence-electron chi connectivity index (χ0n) is 32.0. The van der Waals surface area contributed by atoms with Gasteiger partial charge in [-0.05, 0) is 107 Å². The monoisotopic (exact) mass is 773 g/mol. The molecule has 3 saturated heterocycles. The van der Waals surface area contributed by atoms with E-state index < -0.39 is 23.8 Å². The molecule has 9 rings (SSSR count). The van der Waals surface area contributed by atoms with E-state index in [0.717, 1.165) is 111 Å². The molecule has 0 bridgehead atoms. The van der Waals surface area contributed by atoms with Crippen LogP contribution in [0.4, 0.5) is 11.5 Å². The summed E-state index contributed by atoms with van der Waals surface area (Å²) in [4.78, 5) is 87.2. The minimum atomic E-state index is -0.963. The summed E-state index contributed by atoms with van der Waals surface area (Å²) in [7, 11) is 0. The van der Waals surface area contributed by atoms with Crippen LogP contribution in [0.25, 0.3) is 11.2 Å². The number of imidazole rings is 1. The molecule has 1 aliphatic carbocycles. The number of rotatable bonds is 10. The van der Waals surface area contributed by atoms with Gasteiger partial charge in [-0.2, -0.15) is 0 Å². The van der Waals surface area contributed by atoms with Crippen LogP contribution in [-0.4, -0.2) is 115 Å². The maximum Gasteiger partial charge on any atom is 0.270 e. The Bertz CT molecular complexity index is 2240. The Labute approximate surface area is 329 Å². The van der Waals surface area contributed by atoms with Crippen LogP contribution in [0.5, 0.6) is 0 Å². The van der Waals surface area contributed by atoms with E-state index in [1.54, 1.807) is 24.5 Å². The number of amides is 5. The van der Waals surface area contributed by atoms with Crippen molar-refractivity contribution in [2.75, 3.05) is 49.5 Å². The normalized spacial score (nSPS) is 23.4. The molecule has 296 valence electrons. The van der Waals surface area contributed by atoms with Gasteiger partial charge in [0, 0.05) is 56.1 Å². The predicted octanol–water partition coefficient (Wildman–Crippen LogP) is 3.10. The molecule has 1 atom stereocenters. The Balaban J connectivity index is 0.716. The highest BCUT2D eigenvalue weighted by molar-refractivity contribution is 6.23. The number of hydrogen-bond acceptors (Lipinski definition) is 12. The Morgan fingerprint density at radius 2 is 1.65 bits per heavy atom. The van der Waals surface area contributed by atoms with E-state index in [-0.39, 0.29) is 36.7 Å². The lowest BCUT2D eigenvalue weighted by Crippen LogP contribution is -2.54. The maximum atomic E-state index is 13.3. The number of benzene rings is 1. The van der Waals surface area contributed by atoms with Crippen LogP contribution in [0.1, 0.15) is 94.3 Å². The Morgan fingerprint density at radius 1 is 0.877 bits per heavy atom. The summed E-state index contributed by atoms with van der Waals surface area (Å²) in [5.74, 6) is -0.193. The van der Waals surface area contributed by atoms with Gasteiger partial charge >= 0.3 is 0 Å². The fourth-order valence-electron chi connectivity index (χ4n) is 9.12. The smallest absolute Gasteiger partial charge is 0.270 e. The Hall–Kier alpha value is -5.77. The number of anilines is 2. The van der Waals surface area contributed by atoms with Gasteiger partial charge in [0.2, 0.25) is 11.8 Å². The molecule has 16 heteroatoms. The number of aromatic nitrogens is 5. The minimum Gasteiger partial charge on any atom is -0.371 e. The summed E-state index contributed by atoms with van der Waals surface area (Å²) in [6.07, 6.45) is 9.61. The number of imide groups is 2. The van der Waals surface area contributed by atoms with Crippen LogP contribution in [0.3, 0.4) is 0 Å². The molecule has 57 heavy (non-hydrogen) atoms. The number of nitrogens with one attached hydrogen (secondary N) is 3. The van der Waals surface area contributed by atoms with E-state index in [1.807, 2.05) is 31.5 Å². The SMILES string of the molecule is Cc1cccc(C(=O)NC2CC(n3cnc4c(NCC5CCN(CC6CCN(c7ccc8c(c7)C(=O)N([C@@H]7CCC(=O)NC7=O)C8=O)CC6)CC5)ncnc43)C2)n1. The molecule has 4 aliphatic heterocycles. The molecule has 3 N–H and O–H groups in total. The Morgan fingerprint density at radius 3 is 2.42 bits per heavy atom. The molecule has 0 spiro atoms. The number of aryl methyl sites for hydroxylation is 1. The summed E-state index contributed by atoms with van der Waals surface area (Å²) in [6, 6.07) is 10.2. The first kappa shape index (κ1) is 36.8. The highest BCUT2D eigenvalue weighted by atomic mass is 16.2. The molecule has 5 amide bonds. The van der Waals surface area contributed by atoms with Gasteiger partial charge in [-0.3, -0.25) is 34.2 Å². The van der Waals surface area contributed by atoms with Crippen molar-refractivity contribution in [3.63, 3.8) is 0 Å². The van der Waals surface area contributed by atoms with Gasteiger partial charge in [0.15, 0.2) is 11.5 Å². The first-order chi connectivity index (χ1) is 27.7. The van der Waals surface area contributed by atoms with E-state index in [9.17, 15) is 24.0 Å².